The highest BCUT2D eigenvalue weighted by Gasteiger charge is 2.06. The molecule has 2 aromatic rings. The molecule has 6 nitrogen and oxygen atoms in total. The number of nitrogens with zero attached hydrogens (tertiary/aromatic N) is 1. The molecular weight excluding hydrogens is 323 g/mol. The third kappa shape index (κ3) is 5.91. The van der Waals surface area contributed by atoms with Gasteiger partial charge >= 0.3 is 6.03 Å². The first kappa shape index (κ1) is 16.7. The van der Waals surface area contributed by atoms with E-state index in [-0.39, 0.29) is 12.4 Å². The quantitative estimate of drug-likeness (QED) is 0.783. The van der Waals surface area contributed by atoms with E-state index in [2.05, 4.69) is 20.9 Å². The third-order valence-electron chi connectivity index (χ3n) is 2.77. The number of nitrogens with one attached hydrogen (secondary N) is 3. The first-order valence-electron chi connectivity index (χ1n) is 6.70. The van der Waals surface area contributed by atoms with Gasteiger partial charge in [-0.2, -0.15) is 0 Å². The average molecular weight is 337 g/mol. The summed E-state index contributed by atoms with van der Waals surface area (Å²) in [5, 5.41) is 8.06. The highest BCUT2D eigenvalue weighted by Crippen LogP contribution is 2.09. The zero-order valence-electron chi connectivity index (χ0n) is 12.0. The van der Waals surface area contributed by atoms with Crippen LogP contribution >= 0.6 is 11.6 Å². The Morgan fingerprint density at radius 1 is 1.09 bits per heavy atom. The fourth-order valence-corrected chi connectivity index (χ4v) is 1.77. The Kier molecular flexibility index (Phi) is 5.87. The number of hydrogen-bond donors (Lipinski definition) is 3. The zero-order chi connectivity index (χ0) is 16.7. The number of hydrogen-bond acceptors (Lipinski definition) is 3. The minimum absolute atomic E-state index is 0.208. The van der Waals surface area contributed by atoms with Crippen LogP contribution in [0.4, 0.5) is 15.0 Å². The number of anilines is 1. The summed E-state index contributed by atoms with van der Waals surface area (Å²) in [6.07, 6.45) is 0.988. The number of halogens is 2. The molecule has 3 amide bonds. The van der Waals surface area contributed by atoms with Gasteiger partial charge in [0.25, 0.3) is 0 Å². The number of carbonyl (C=O) groups is 2. The van der Waals surface area contributed by atoms with Crippen LogP contribution in [0.25, 0.3) is 0 Å². The van der Waals surface area contributed by atoms with Gasteiger partial charge in [0, 0.05) is 11.6 Å². The maximum atomic E-state index is 12.7. The number of amides is 3. The fourth-order valence-electron chi connectivity index (χ4n) is 1.64. The maximum Gasteiger partial charge on any atom is 0.315 e. The van der Waals surface area contributed by atoms with Crippen molar-refractivity contribution in [3.63, 3.8) is 0 Å². The lowest BCUT2D eigenvalue weighted by Gasteiger charge is -2.08. The monoisotopic (exact) mass is 336 g/mol. The van der Waals surface area contributed by atoms with Gasteiger partial charge in [-0.1, -0.05) is 23.7 Å². The standard InChI is InChI=1S/C15H14ClFN4O2/c16-11-3-1-10(2-4-11)7-19-15(23)20-9-14(22)21-13-6-5-12(17)8-18-13/h1-6,8H,7,9H2,(H,18,21,22)(H2,19,20,23). The number of benzene rings is 1. The van der Waals surface area contributed by atoms with Gasteiger partial charge in [-0.3, -0.25) is 4.79 Å². The van der Waals surface area contributed by atoms with Crippen LogP contribution in [0.15, 0.2) is 42.6 Å². The molecule has 0 saturated carbocycles. The first-order chi connectivity index (χ1) is 11.0. The summed E-state index contributed by atoms with van der Waals surface area (Å²) in [7, 11) is 0. The summed E-state index contributed by atoms with van der Waals surface area (Å²) in [4.78, 5) is 26.9. The van der Waals surface area contributed by atoms with Crippen molar-refractivity contribution in [1.29, 1.82) is 0 Å². The minimum atomic E-state index is -0.497. The summed E-state index contributed by atoms with van der Waals surface area (Å²) in [5.41, 5.74) is 0.879. The van der Waals surface area contributed by atoms with E-state index >= 15 is 0 Å². The predicted molar refractivity (Wildman–Crippen MR) is 84.5 cm³/mol. The zero-order valence-corrected chi connectivity index (χ0v) is 12.7. The minimum Gasteiger partial charge on any atom is -0.334 e. The van der Waals surface area contributed by atoms with Crippen molar-refractivity contribution in [2.24, 2.45) is 0 Å². The first-order valence-corrected chi connectivity index (χ1v) is 7.08. The Morgan fingerprint density at radius 3 is 2.48 bits per heavy atom. The van der Waals surface area contributed by atoms with E-state index < -0.39 is 17.8 Å². The van der Waals surface area contributed by atoms with Crippen LogP contribution in [-0.2, 0) is 11.3 Å². The fraction of sp³-hybridized carbons (Fsp3) is 0.133. The maximum absolute atomic E-state index is 12.7. The van der Waals surface area contributed by atoms with E-state index in [0.717, 1.165) is 11.8 Å². The van der Waals surface area contributed by atoms with Gasteiger partial charge in [-0.25, -0.2) is 14.2 Å². The van der Waals surface area contributed by atoms with Crippen molar-refractivity contribution in [2.75, 3.05) is 11.9 Å². The number of pyridine rings is 1. The predicted octanol–water partition coefficient (Wildman–Crippen LogP) is 2.31. The second-order valence-electron chi connectivity index (χ2n) is 4.57. The Morgan fingerprint density at radius 2 is 1.83 bits per heavy atom. The Balaban J connectivity index is 1.70. The molecule has 2 rings (SSSR count). The largest absolute Gasteiger partial charge is 0.334 e. The molecule has 8 heteroatoms. The summed E-state index contributed by atoms with van der Waals surface area (Å²) < 4.78 is 12.7. The second-order valence-corrected chi connectivity index (χ2v) is 5.01. The SMILES string of the molecule is O=C(CNC(=O)NCc1ccc(Cl)cc1)Nc1ccc(F)cn1. The van der Waals surface area contributed by atoms with E-state index in [4.69, 9.17) is 11.6 Å². The molecular formula is C15H14ClFN4O2. The normalized spacial score (nSPS) is 10.0. The van der Waals surface area contributed by atoms with E-state index in [1.165, 1.54) is 12.1 Å². The second kappa shape index (κ2) is 8.09. The summed E-state index contributed by atoms with van der Waals surface area (Å²) >= 11 is 5.76. The smallest absolute Gasteiger partial charge is 0.315 e. The van der Waals surface area contributed by atoms with Crippen LogP contribution < -0.4 is 16.0 Å². The van der Waals surface area contributed by atoms with Crippen molar-refractivity contribution in [3.8, 4) is 0 Å². The van der Waals surface area contributed by atoms with Crippen LogP contribution in [0.2, 0.25) is 5.02 Å². The van der Waals surface area contributed by atoms with Gasteiger partial charge < -0.3 is 16.0 Å². The Hall–Kier alpha value is -2.67. The molecule has 0 radical (unpaired) electrons. The molecule has 1 heterocycles. The highest BCUT2D eigenvalue weighted by atomic mass is 35.5. The van der Waals surface area contributed by atoms with Gasteiger partial charge in [-0.05, 0) is 29.8 Å². The molecule has 23 heavy (non-hydrogen) atoms. The van der Waals surface area contributed by atoms with Crippen LogP contribution in [0.1, 0.15) is 5.56 Å². The summed E-state index contributed by atoms with van der Waals surface area (Å²) in [6.45, 7) is 0.0790. The number of carbonyl (C=O) groups excluding carboxylic acids is 2. The van der Waals surface area contributed by atoms with E-state index in [1.54, 1.807) is 24.3 Å². The lowest BCUT2D eigenvalue weighted by molar-refractivity contribution is -0.115. The molecule has 3 N–H and O–H groups in total. The lowest BCUT2D eigenvalue weighted by Crippen LogP contribution is -2.39. The number of rotatable bonds is 5. The molecule has 0 saturated heterocycles. The van der Waals surface area contributed by atoms with Gasteiger partial charge in [0.05, 0.1) is 12.7 Å². The van der Waals surface area contributed by atoms with Gasteiger partial charge in [0.15, 0.2) is 0 Å². The molecule has 0 unspecified atom stereocenters. The summed E-state index contributed by atoms with van der Waals surface area (Å²) in [6, 6.07) is 9.04. The van der Waals surface area contributed by atoms with Crippen LogP contribution in [-0.4, -0.2) is 23.5 Å². The van der Waals surface area contributed by atoms with Crippen molar-refractivity contribution in [2.45, 2.75) is 6.54 Å². The van der Waals surface area contributed by atoms with Crippen LogP contribution in [0, 0.1) is 5.82 Å². The van der Waals surface area contributed by atoms with E-state index in [0.29, 0.717) is 11.6 Å². The molecule has 1 aromatic carbocycles. The molecule has 1 aromatic heterocycles. The lowest BCUT2D eigenvalue weighted by atomic mass is 10.2. The highest BCUT2D eigenvalue weighted by molar-refractivity contribution is 6.30. The van der Waals surface area contributed by atoms with Crippen molar-refractivity contribution in [1.82, 2.24) is 15.6 Å². The van der Waals surface area contributed by atoms with Gasteiger partial charge in [0.2, 0.25) is 5.91 Å². The summed E-state index contributed by atoms with van der Waals surface area (Å²) in [5.74, 6) is -0.756. The molecule has 0 bridgehead atoms. The Bertz CT molecular complexity index is 677. The van der Waals surface area contributed by atoms with Crippen LogP contribution in [0.3, 0.4) is 0 Å². The Labute approximate surface area is 137 Å². The van der Waals surface area contributed by atoms with Crippen molar-refractivity contribution < 1.29 is 14.0 Å². The molecule has 0 aliphatic heterocycles. The van der Waals surface area contributed by atoms with Crippen molar-refractivity contribution >= 4 is 29.4 Å². The molecule has 0 aliphatic carbocycles. The molecule has 0 aliphatic rings. The molecule has 0 atom stereocenters. The molecule has 120 valence electrons. The molecule has 0 spiro atoms. The van der Waals surface area contributed by atoms with Gasteiger partial charge in [-0.15, -0.1) is 0 Å². The van der Waals surface area contributed by atoms with E-state index in [1.807, 2.05) is 0 Å². The number of urea groups is 1. The molecule has 0 fully saturated rings. The van der Waals surface area contributed by atoms with Crippen molar-refractivity contribution in [3.05, 3.63) is 59.0 Å². The number of aromatic nitrogens is 1. The van der Waals surface area contributed by atoms with E-state index in [9.17, 15) is 14.0 Å². The topological polar surface area (TPSA) is 83.1 Å². The van der Waals surface area contributed by atoms with Crippen LogP contribution in [0.5, 0.6) is 0 Å². The third-order valence-corrected chi connectivity index (χ3v) is 3.02. The average Bonchev–Trinajstić information content (AvgIpc) is 2.54. The van der Waals surface area contributed by atoms with Gasteiger partial charge in [0.1, 0.15) is 11.6 Å².